The van der Waals surface area contributed by atoms with Gasteiger partial charge in [0.2, 0.25) is 8.32 Å². The first-order valence-corrected chi connectivity index (χ1v) is 17.2. The van der Waals surface area contributed by atoms with Gasteiger partial charge in [0.15, 0.2) is 0 Å². The van der Waals surface area contributed by atoms with E-state index < -0.39 is 8.32 Å². The van der Waals surface area contributed by atoms with E-state index in [0.29, 0.717) is 36.4 Å². The molecule has 1 N–H and O–H groups in total. The molecule has 0 unspecified atom stereocenters. The van der Waals surface area contributed by atoms with Crippen molar-refractivity contribution in [3.8, 4) is 5.75 Å². The molecule has 0 aliphatic rings. The minimum Gasteiger partial charge on any atom is -0.497 e. The summed E-state index contributed by atoms with van der Waals surface area (Å²) in [4.78, 5) is 0. The maximum Gasteiger partial charge on any atom is 0.200 e. The van der Waals surface area contributed by atoms with Crippen molar-refractivity contribution < 1.29 is 28.5 Å². The Morgan fingerprint density at radius 3 is 2.02 bits per heavy atom. The van der Waals surface area contributed by atoms with E-state index >= 15 is 0 Å². The lowest BCUT2D eigenvalue weighted by atomic mass is 9.96. The molecule has 0 aliphatic carbocycles. The van der Waals surface area contributed by atoms with E-state index in [9.17, 15) is 0 Å². The molecule has 0 spiro atoms. The van der Waals surface area contributed by atoms with Crippen LogP contribution in [0.3, 0.4) is 0 Å². The SMILES string of the molecule is COCOC/C(COCc1ccc(OC)cc1)=C(/C)CC[C@H](O[Si](C(C)C)(C(C)C)C(C)C)[C@@H](C)/C=C/C=C\CO. The average Bonchev–Trinajstić information content (AvgIpc) is 2.94. The van der Waals surface area contributed by atoms with E-state index in [2.05, 4.69) is 61.5 Å². The Bertz CT molecular complexity index is 898. The molecule has 6 nitrogen and oxygen atoms in total. The molecule has 234 valence electrons. The molecule has 1 aromatic rings. The van der Waals surface area contributed by atoms with Gasteiger partial charge in [-0.05, 0) is 65.6 Å². The molecule has 1 aromatic carbocycles. The zero-order valence-corrected chi connectivity index (χ0v) is 28.4. The topological polar surface area (TPSA) is 66.4 Å². The number of aliphatic hydroxyl groups excluding tert-OH is 1. The van der Waals surface area contributed by atoms with Crippen LogP contribution in [0.2, 0.25) is 16.6 Å². The molecule has 7 heteroatoms. The summed E-state index contributed by atoms with van der Waals surface area (Å²) >= 11 is 0. The Morgan fingerprint density at radius 2 is 1.49 bits per heavy atom. The van der Waals surface area contributed by atoms with Gasteiger partial charge in [-0.2, -0.15) is 0 Å². The quantitative estimate of drug-likeness (QED) is 0.0511. The first-order chi connectivity index (χ1) is 19.5. The van der Waals surface area contributed by atoms with Crippen LogP contribution in [-0.2, 0) is 25.2 Å². The minimum atomic E-state index is -2.08. The van der Waals surface area contributed by atoms with Gasteiger partial charge in [0.1, 0.15) is 12.5 Å². The van der Waals surface area contributed by atoms with Crippen LogP contribution in [0.1, 0.15) is 73.8 Å². The van der Waals surface area contributed by atoms with Crippen molar-refractivity contribution in [3.05, 3.63) is 65.3 Å². The zero-order chi connectivity index (χ0) is 30.8. The Hall–Kier alpha value is -1.74. The van der Waals surface area contributed by atoms with Crippen LogP contribution < -0.4 is 4.74 Å². The number of methoxy groups -OCH3 is 2. The van der Waals surface area contributed by atoms with Crippen LogP contribution in [-0.4, -0.2) is 60.4 Å². The third-order valence-electron chi connectivity index (χ3n) is 8.01. The van der Waals surface area contributed by atoms with Crippen LogP contribution in [0, 0.1) is 5.92 Å². The molecule has 0 bridgehead atoms. The fraction of sp³-hybridized carbons (Fsp3) is 0.647. The molecule has 1 rings (SSSR count). The Balaban J connectivity index is 3.16. The first kappa shape index (κ1) is 37.3. The molecule has 0 aromatic heterocycles. The molecular weight excluding hydrogens is 532 g/mol. The molecule has 0 saturated heterocycles. The normalized spacial score (nSPS) is 15.0. The summed E-state index contributed by atoms with van der Waals surface area (Å²) in [5.74, 6) is 1.07. The number of benzene rings is 1. The fourth-order valence-electron chi connectivity index (χ4n) is 5.69. The first-order valence-electron chi connectivity index (χ1n) is 15.1. The van der Waals surface area contributed by atoms with E-state index in [4.69, 9.17) is 28.5 Å². The number of ether oxygens (including phenoxy) is 4. The molecule has 0 saturated carbocycles. The molecule has 2 atom stereocenters. The monoisotopic (exact) mass is 590 g/mol. The van der Waals surface area contributed by atoms with Crippen LogP contribution in [0.4, 0.5) is 0 Å². The Labute approximate surface area is 251 Å². The summed E-state index contributed by atoms with van der Waals surface area (Å²) in [7, 11) is 1.22. The third kappa shape index (κ3) is 12.6. The number of allylic oxidation sites excluding steroid dienone is 3. The van der Waals surface area contributed by atoms with Gasteiger partial charge in [-0.25, -0.2) is 0 Å². The van der Waals surface area contributed by atoms with Crippen LogP contribution in [0.15, 0.2) is 59.7 Å². The summed E-state index contributed by atoms with van der Waals surface area (Å²) in [6.45, 7) is 20.2. The number of aliphatic hydroxyl groups is 1. The Morgan fingerprint density at radius 1 is 0.878 bits per heavy atom. The van der Waals surface area contributed by atoms with E-state index in [1.807, 2.05) is 36.4 Å². The standard InChI is InChI=1S/C34H58O6Si/c1-26(2)41(27(3)4,28(5)6)40-34(30(8)14-12-11-13-21-35)20-15-29(7)32(24-39-25-36-9)23-38-22-31-16-18-33(37-10)19-17-31/h11-14,16-19,26-28,30,34-35H,15,20-25H2,1-10H3/b13-11-,14-12+,32-29-/t30-,34-/m0/s1. The molecular formula is C34H58O6Si. The van der Waals surface area contributed by atoms with Crippen molar-refractivity contribution >= 4 is 8.32 Å². The second-order valence-corrected chi connectivity index (χ2v) is 17.3. The van der Waals surface area contributed by atoms with E-state index in [-0.39, 0.29) is 25.4 Å². The highest BCUT2D eigenvalue weighted by atomic mass is 28.4. The van der Waals surface area contributed by atoms with Gasteiger partial charge in [-0.3, -0.25) is 0 Å². The number of hydrogen-bond acceptors (Lipinski definition) is 6. The summed E-state index contributed by atoms with van der Waals surface area (Å²) in [6.07, 6.45) is 9.78. The van der Waals surface area contributed by atoms with Crippen molar-refractivity contribution in [2.45, 2.75) is 97.6 Å². The molecule has 0 amide bonds. The maximum absolute atomic E-state index is 9.12. The highest BCUT2D eigenvalue weighted by Gasteiger charge is 2.47. The van der Waals surface area contributed by atoms with Gasteiger partial charge < -0.3 is 28.5 Å². The predicted octanol–water partition coefficient (Wildman–Crippen LogP) is 8.23. The van der Waals surface area contributed by atoms with E-state index in [1.54, 1.807) is 20.3 Å². The highest BCUT2D eigenvalue weighted by molar-refractivity contribution is 6.77. The summed E-state index contributed by atoms with van der Waals surface area (Å²) in [6, 6.07) is 7.95. The molecule has 0 heterocycles. The van der Waals surface area contributed by atoms with Crippen LogP contribution >= 0.6 is 0 Å². The lowest BCUT2D eigenvalue weighted by molar-refractivity contribution is -0.0248. The molecule has 0 aliphatic heterocycles. The van der Waals surface area contributed by atoms with Crippen molar-refractivity contribution in [2.24, 2.45) is 5.92 Å². The highest BCUT2D eigenvalue weighted by Crippen LogP contribution is 2.44. The van der Waals surface area contributed by atoms with Crippen molar-refractivity contribution in [3.63, 3.8) is 0 Å². The van der Waals surface area contributed by atoms with Crippen LogP contribution in [0.5, 0.6) is 5.75 Å². The van der Waals surface area contributed by atoms with Gasteiger partial charge in [0.05, 0.1) is 39.6 Å². The number of rotatable bonds is 21. The van der Waals surface area contributed by atoms with E-state index in [0.717, 1.165) is 29.7 Å². The fourth-order valence-corrected chi connectivity index (χ4v) is 11.4. The van der Waals surface area contributed by atoms with Gasteiger partial charge in [-0.1, -0.05) is 90.5 Å². The smallest absolute Gasteiger partial charge is 0.200 e. The molecule has 41 heavy (non-hydrogen) atoms. The minimum absolute atomic E-state index is 0.0428. The Kier molecular flexibility index (Phi) is 18.4. The summed E-state index contributed by atoms with van der Waals surface area (Å²) in [5.41, 5.74) is 5.04. The van der Waals surface area contributed by atoms with Crippen molar-refractivity contribution in [2.75, 3.05) is 40.8 Å². The van der Waals surface area contributed by atoms with Crippen LogP contribution in [0.25, 0.3) is 0 Å². The van der Waals surface area contributed by atoms with Crippen molar-refractivity contribution in [1.82, 2.24) is 0 Å². The molecule has 0 radical (unpaired) electrons. The average molecular weight is 591 g/mol. The molecule has 0 fully saturated rings. The zero-order valence-electron chi connectivity index (χ0n) is 27.4. The number of hydrogen-bond donors (Lipinski definition) is 1. The largest absolute Gasteiger partial charge is 0.497 e. The third-order valence-corrected chi connectivity index (χ3v) is 14.1. The van der Waals surface area contributed by atoms with Gasteiger partial charge >= 0.3 is 0 Å². The maximum atomic E-state index is 9.12. The van der Waals surface area contributed by atoms with Gasteiger partial charge in [-0.15, -0.1) is 0 Å². The van der Waals surface area contributed by atoms with E-state index in [1.165, 1.54) is 5.57 Å². The lowest BCUT2D eigenvalue weighted by Gasteiger charge is -2.45. The van der Waals surface area contributed by atoms with Crippen molar-refractivity contribution in [1.29, 1.82) is 0 Å². The second-order valence-electron chi connectivity index (χ2n) is 11.8. The summed E-state index contributed by atoms with van der Waals surface area (Å²) < 4.78 is 29.6. The van der Waals surface area contributed by atoms with Gasteiger partial charge in [0.25, 0.3) is 0 Å². The lowest BCUT2D eigenvalue weighted by Crippen LogP contribution is -2.51. The van der Waals surface area contributed by atoms with Gasteiger partial charge in [0, 0.05) is 7.11 Å². The predicted molar refractivity (Wildman–Crippen MR) is 173 cm³/mol. The second kappa shape index (κ2) is 20.2. The summed E-state index contributed by atoms with van der Waals surface area (Å²) in [5, 5.41) is 9.12.